The first-order chi connectivity index (χ1) is 9.55. The third-order valence-corrected chi connectivity index (χ3v) is 5.91. The summed E-state index contributed by atoms with van der Waals surface area (Å²) in [6, 6.07) is 7.25. The van der Waals surface area contributed by atoms with E-state index >= 15 is 0 Å². The molecule has 0 heterocycles. The fourth-order valence-electron chi connectivity index (χ4n) is 2.78. The highest BCUT2D eigenvalue weighted by Crippen LogP contribution is 2.28. The van der Waals surface area contributed by atoms with Gasteiger partial charge in [-0.3, -0.25) is 0 Å². The summed E-state index contributed by atoms with van der Waals surface area (Å²) >= 11 is 0. The maximum Gasteiger partial charge on any atom is 0.243 e. The standard InChI is InChI=1S/C15H24N2O2S/c1-13-7-9-15(10-8-13)20(18,19)17(12-4-11-16)14-5-2-3-6-14/h7-10,14H,2-6,11-12,16H2,1H3. The van der Waals surface area contributed by atoms with Crippen molar-refractivity contribution in [2.24, 2.45) is 5.73 Å². The van der Waals surface area contributed by atoms with Crippen molar-refractivity contribution < 1.29 is 8.42 Å². The minimum absolute atomic E-state index is 0.146. The van der Waals surface area contributed by atoms with Gasteiger partial charge in [-0.1, -0.05) is 30.5 Å². The Balaban J connectivity index is 2.27. The molecule has 2 N–H and O–H groups in total. The highest BCUT2D eigenvalue weighted by molar-refractivity contribution is 7.89. The van der Waals surface area contributed by atoms with Gasteiger partial charge in [-0.15, -0.1) is 0 Å². The fourth-order valence-corrected chi connectivity index (χ4v) is 4.51. The first kappa shape index (κ1) is 15.5. The van der Waals surface area contributed by atoms with Crippen LogP contribution in [-0.2, 0) is 10.0 Å². The highest BCUT2D eigenvalue weighted by atomic mass is 32.2. The van der Waals surface area contributed by atoms with Crippen LogP contribution in [0.5, 0.6) is 0 Å². The molecule has 0 saturated heterocycles. The van der Waals surface area contributed by atoms with E-state index in [9.17, 15) is 8.42 Å². The van der Waals surface area contributed by atoms with E-state index in [-0.39, 0.29) is 6.04 Å². The summed E-state index contributed by atoms with van der Waals surface area (Å²) in [5.74, 6) is 0. The van der Waals surface area contributed by atoms with E-state index in [2.05, 4.69) is 0 Å². The number of hydrogen-bond acceptors (Lipinski definition) is 3. The van der Waals surface area contributed by atoms with Crippen molar-refractivity contribution in [3.05, 3.63) is 29.8 Å². The smallest absolute Gasteiger partial charge is 0.243 e. The van der Waals surface area contributed by atoms with Crippen molar-refractivity contribution in [3.8, 4) is 0 Å². The van der Waals surface area contributed by atoms with Crippen LogP contribution in [0.2, 0.25) is 0 Å². The lowest BCUT2D eigenvalue weighted by atomic mass is 10.2. The van der Waals surface area contributed by atoms with Gasteiger partial charge in [0, 0.05) is 12.6 Å². The molecule has 1 saturated carbocycles. The largest absolute Gasteiger partial charge is 0.330 e. The van der Waals surface area contributed by atoms with Crippen LogP contribution >= 0.6 is 0 Å². The zero-order valence-electron chi connectivity index (χ0n) is 12.1. The summed E-state index contributed by atoms with van der Waals surface area (Å²) in [5.41, 5.74) is 6.62. The van der Waals surface area contributed by atoms with Gasteiger partial charge in [-0.05, 0) is 44.9 Å². The van der Waals surface area contributed by atoms with E-state index < -0.39 is 10.0 Å². The minimum atomic E-state index is -3.40. The fraction of sp³-hybridized carbons (Fsp3) is 0.600. The Kier molecular flexibility index (Phi) is 5.18. The highest BCUT2D eigenvalue weighted by Gasteiger charge is 2.32. The quantitative estimate of drug-likeness (QED) is 0.876. The van der Waals surface area contributed by atoms with Gasteiger partial charge in [0.05, 0.1) is 4.90 Å². The molecule has 2 rings (SSSR count). The van der Waals surface area contributed by atoms with Crippen LogP contribution in [-0.4, -0.2) is 31.9 Å². The van der Waals surface area contributed by atoms with Crippen LogP contribution in [0.4, 0.5) is 0 Å². The molecule has 0 bridgehead atoms. The number of aryl methyl sites for hydroxylation is 1. The average molecular weight is 296 g/mol. The van der Waals surface area contributed by atoms with Crippen LogP contribution in [0.1, 0.15) is 37.7 Å². The van der Waals surface area contributed by atoms with Crippen LogP contribution in [0.25, 0.3) is 0 Å². The van der Waals surface area contributed by atoms with Gasteiger partial charge in [-0.25, -0.2) is 8.42 Å². The summed E-state index contributed by atoms with van der Waals surface area (Å²) in [6.45, 7) is 3.00. The Morgan fingerprint density at radius 1 is 1.20 bits per heavy atom. The van der Waals surface area contributed by atoms with E-state index in [1.54, 1.807) is 16.4 Å². The molecule has 0 radical (unpaired) electrons. The Labute approximate surface area is 122 Å². The molecule has 1 aromatic carbocycles. The molecule has 0 spiro atoms. The Morgan fingerprint density at radius 2 is 1.80 bits per heavy atom. The Bertz CT molecular complexity index is 519. The van der Waals surface area contributed by atoms with E-state index in [4.69, 9.17) is 5.73 Å². The summed E-state index contributed by atoms with van der Waals surface area (Å²) in [7, 11) is -3.40. The van der Waals surface area contributed by atoms with Crippen molar-refractivity contribution in [1.82, 2.24) is 4.31 Å². The van der Waals surface area contributed by atoms with Crippen molar-refractivity contribution in [2.45, 2.75) is 50.0 Å². The molecular formula is C15H24N2O2S. The number of sulfonamides is 1. The van der Waals surface area contributed by atoms with Gasteiger partial charge in [0.1, 0.15) is 0 Å². The summed E-state index contributed by atoms with van der Waals surface area (Å²) in [6.07, 6.45) is 4.88. The normalized spacial score (nSPS) is 16.9. The second-order valence-corrected chi connectivity index (χ2v) is 7.40. The van der Waals surface area contributed by atoms with Crippen LogP contribution in [0, 0.1) is 6.92 Å². The molecule has 1 aliphatic carbocycles. The maximum absolute atomic E-state index is 12.8. The maximum atomic E-state index is 12.8. The molecule has 0 aromatic heterocycles. The third kappa shape index (κ3) is 3.40. The monoisotopic (exact) mass is 296 g/mol. The van der Waals surface area contributed by atoms with Crippen LogP contribution in [0.15, 0.2) is 29.2 Å². The second kappa shape index (κ2) is 6.70. The minimum Gasteiger partial charge on any atom is -0.330 e. The molecule has 5 heteroatoms. The summed E-state index contributed by atoms with van der Waals surface area (Å²) in [5, 5.41) is 0. The van der Waals surface area contributed by atoms with Gasteiger partial charge in [0.25, 0.3) is 0 Å². The number of nitrogens with two attached hydrogens (primary N) is 1. The summed E-state index contributed by atoms with van der Waals surface area (Å²) in [4.78, 5) is 0.395. The molecule has 0 aliphatic heterocycles. The number of rotatable bonds is 6. The van der Waals surface area contributed by atoms with Crippen LogP contribution in [0.3, 0.4) is 0 Å². The summed E-state index contributed by atoms with van der Waals surface area (Å²) < 4.78 is 27.3. The molecule has 1 fully saturated rings. The van der Waals surface area contributed by atoms with E-state index in [0.29, 0.717) is 24.4 Å². The molecule has 1 aromatic rings. The van der Waals surface area contributed by atoms with Crippen molar-refractivity contribution in [3.63, 3.8) is 0 Å². The predicted octanol–water partition coefficient (Wildman–Crippen LogP) is 2.28. The number of hydrogen-bond donors (Lipinski definition) is 1. The molecule has 0 unspecified atom stereocenters. The van der Waals surface area contributed by atoms with Gasteiger partial charge < -0.3 is 5.73 Å². The lowest BCUT2D eigenvalue weighted by molar-refractivity contribution is 0.320. The molecule has 0 amide bonds. The zero-order chi connectivity index (χ0) is 14.6. The third-order valence-electron chi connectivity index (χ3n) is 3.94. The molecule has 0 atom stereocenters. The van der Waals surface area contributed by atoms with Gasteiger partial charge in [0.15, 0.2) is 0 Å². The SMILES string of the molecule is Cc1ccc(S(=O)(=O)N(CCCN)C2CCCC2)cc1. The van der Waals surface area contributed by atoms with Crippen molar-refractivity contribution >= 4 is 10.0 Å². The lowest BCUT2D eigenvalue weighted by Gasteiger charge is -2.28. The Hall–Kier alpha value is -0.910. The molecule has 1 aliphatic rings. The first-order valence-corrected chi connectivity index (χ1v) is 8.78. The second-order valence-electron chi connectivity index (χ2n) is 5.51. The van der Waals surface area contributed by atoms with Gasteiger partial charge >= 0.3 is 0 Å². The molecule has 112 valence electrons. The van der Waals surface area contributed by atoms with Crippen LogP contribution < -0.4 is 5.73 Å². The van der Waals surface area contributed by atoms with Gasteiger partial charge in [0.2, 0.25) is 10.0 Å². The number of nitrogens with zero attached hydrogens (tertiary/aromatic N) is 1. The lowest BCUT2D eigenvalue weighted by Crippen LogP contribution is -2.40. The average Bonchev–Trinajstić information content (AvgIpc) is 2.93. The van der Waals surface area contributed by atoms with E-state index in [1.165, 1.54) is 0 Å². The molecule has 20 heavy (non-hydrogen) atoms. The zero-order valence-corrected chi connectivity index (χ0v) is 12.9. The van der Waals surface area contributed by atoms with E-state index in [1.807, 2.05) is 19.1 Å². The number of benzene rings is 1. The molecule has 4 nitrogen and oxygen atoms in total. The topological polar surface area (TPSA) is 63.4 Å². The molecular weight excluding hydrogens is 272 g/mol. The van der Waals surface area contributed by atoms with Crippen molar-refractivity contribution in [1.29, 1.82) is 0 Å². The Morgan fingerprint density at radius 3 is 2.35 bits per heavy atom. The van der Waals surface area contributed by atoms with Gasteiger partial charge in [-0.2, -0.15) is 4.31 Å². The predicted molar refractivity (Wildman–Crippen MR) is 81.0 cm³/mol. The van der Waals surface area contributed by atoms with Crippen molar-refractivity contribution in [2.75, 3.05) is 13.1 Å². The van der Waals surface area contributed by atoms with E-state index in [0.717, 1.165) is 31.2 Å². The first-order valence-electron chi connectivity index (χ1n) is 7.34.